The zero-order chi connectivity index (χ0) is 9.97. The number of methoxy groups -OCH3 is 1. The molecule has 1 unspecified atom stereocenters. The summed E-state index contributed by atoms with van der Waals surface area (Å²) in [6, 6.07) is 3.77. The summed E-state index contributed by atoms with van der Waals surface area (Å²) in [5.74, 6) is 0.902. The molecule has 76 valence electrons. The second-order valence-electron chi connectivity index (χ2n) is 3.40. The fourth-order valence-electron chi connectivity index (χ4n) is 1.62. The van der Waals surface area contributed by atoms with E-state index in [1.165, 1.54) is 0 Å². The molecule has 4 nitrogen and oxygen atoms in total. The van der Waals surface area contributed by atoms with Crippen LogP contribution < -0.4 is 10.5 Å². The largest absolute Gasteiger partial charge is 0.480 e. The summed E-state index contributed by atoms with van der Waals surface area (Å²) in [5, 5.41) is 0. The van der Waals surface area contributed by atoms with Crippen molar-refractivity contribution in [3.63, 3.8) is 0 Å². The van der Waals surface area contributed by atoms with Gasteiger partial charge in [0.1, 0.15) is 0 Å². The molecule has 0 spiro atoms. The van der Waals surface area contributed by atoms with Gasteiger partial charge < -0.3 is 15.2 Å². The number of anilines is 1. The van der Waals surface area contributed by atoms with Crippen LogP contribution in [0.3, 0.4) is 0 Å². The third kappa shape index (κ3) is 1.65. The molecule has 1 saturated heterocycles. The predicted octanol–water partition coefficient (Wildman–Crippen LogP) is 1.18. The van der Waals surface area contributed by atoms with Crippen LogP contribution in [0.1, 0.15) is 18.0 Å². The van der Waals surface area contributed by atoms with Crippen LogP contribution in [-0.2, 0) is 4.74 Å². The summed E-state index contributed by atoms with van der Waals surface area (Å²) in [6.07, 6.45) is 1.03. The number of ether oxygens (including phenoxy) is 2. The Morgan fingerprint density at radius 3 is 3.07 bits per heavy atom. The number of nitrogens with two attached hydrogens (primary N) is 1. The van der Waals surface area contributed by atoms with E-state index in [9.17, 15) is 0 Å². The first-order valence-electron chi connectivity index (χ1n) is 4.69. The van der Waals surface area contributed by atoms with Gasteiger partial charge in [-0.05, 0) is 18.6 Å². The Kier molecular flexibility index (Phi) is 2.54. The first-order valence-corrected chi connectivity index (χ1v) is 4.69. The summed E-state index contributed by atoms with van der Waals surface area (Å²) in [7, 11) is 1.58. The van der Waals surface area contributed by atoms with Gasteiger partial charge in [0.15, 0.2) is 0 Å². The van der Waals surface area contributed by atoms with E-state index in [1.54, 1.807) is 7.11 Å². The Labute approximate surface area is 83.0 Å². The maximum Gasteiger partial charge on any atom is 0.237 e. The van der Waals surface area contributed by atoms with Crippen molar-refractivity contribution in [1.82, 2.24) is 4.98 Å². The molecule has 0 radical (unpaired) electrons. The quantitative estimate of drug-likeness (QED) is 0.768. The van der Waals surface area contributed by atoms with Crippen LogP contribution in [0, 0.1) is 0 Å². The minimum atomic E-state index is 0.393. The minimum absolute atomic E-state index is 0.393. The molecular formula is C10H14N2O2. The zero-order valence-corrected chi connectivity index (χ0v) is 8.19. The van der Waals surface area contributed by atoms with Gasteiger partial charge >= 0.3 is 0 Å². The van der Waals surface area contributed by atoms with Crippen LogP contribution in [-0.4, -0.2) is 25.3 Å². The molecule has 1 fully saturated rings. The number of pyridine rings is 1. The summed E-state index contributed by atoms with van der Waals surface area (Å²) < 4.78 is 10.4. The van der Waals surface area contributed by atoms with E-state index in [2.05, 4.69) is 4.98 Å². The molecule has 0 amide bonds. The van der Waals surface area contributed by atoms with Gasteiger partial charge in [-0.25, -0.2) is 4.98 Å². The van der Waals surface area contributed by atoms with Crippen LogP contribution in [0.4, 0.5) is 5.69 Å². The molecule has 1 aliphatic heterocycles. The third-order valence-electron chi connectivity index (χ3n) is 2.45. The van der Waals surface area contributed by atoms with E-state index in [-0.39, 0.29) is 0 Å². The highest BCUT2D eigenvalue weighted by Crippen LogP contribution is 2.27. The average molecular weight is 194 g/mol. The number of aromatic nitrogens is 1. The van der Waals surface area contributed by atoms with Crippen molar-refractivity contribution in [2.24, 2.45) is 0 Å². The molecule has 1 aliphatic rings. The normalized spacial score (nSPS) is 21.1. The number of nitrogens with zero attached hydrogens (tertiary/aromatic N) is 1. The van der Waals surface area contributed by atoms with Crippen molar-refractivity contribution in [2.45, 2.75) is 12.3 Å². The van der Waals surface area contributed by atoms with Crippen LogP contribution in [0.2, 0.25) is 0 Å². The third-order valence-corrected chi connectivity index (χ3v) is 2.45. The topological polar surface area (TPSA) is 57.4 Å². The molecule has 0 bridgehead atoms. The molecule has 1 aromatic rings. The van der Waals surface area contributed by atoms with Crippen molar-refractivity contribution < 1.29 is 9.47 Å². The smallest absolute Gasteiger partial charge is 0.237 e. The van der Waals surface area contributed by atoms with Gasteiger partial charge in [0.25, 0.3) is 0 Å². The van der Waals surface area contributed by atoms with Crippen molar-refractivity contribution in [1.29, 1.82) is 0 Å². The Morgan fingerprint density at radius 2 is 2.43 bits per heavy atom. The molecule has 1 atom stereocenters. The van der Waals surface area contributed by atoms with Crippen LogP contribution in [0.25, 0.3) is 0 Å². The van der Waals surface area contributed by atoms with Gasteiger partial charge in [-0.3, -0.25) is 0 Å². The van der Waals surface area contributed by atoms with Crippen molar-refractivity contribution >= 4 is 5.69 Å². The second-order valence-corrected chi connectivity index (χ2v) is 3.40. The molecule has 0 saturated carbocycles. The average Bonchev–Trinajstić information content (AvgIpc) is 2.71. The van der Waals surface area contributed by atoms with Crippen LogP contribution >= 0.6 is 0 Å². The number of hydrogen-bond donors (Lipinski definition) is 1. The summed E-state index contributed by atoms with van der Waals surface area (Å²) in [6.45, 7) is 1.57. The molecule has 4 heteroatoms. The molecule has 2 heterocycles. The fourth-order valence-corrected chi connectivity index (χ4v) is 1.62. The first-order chi connectivity index (χ1) is 6.81. The molecular weight excluding hydrogens is 180 g/mol. The van der Waals surface area contributed by atoms with Crippen molar-refractivity contribution in [3.05, 3.63) is 17.8 Å². The Hall–Kier alpha value is -1.29. The van der Waals surface area contributed by atoms with E-state index in [4.69, 9.17) is 15.2 Å². The van der Waals surface area contributed by atoms with E-state index >= 15 is 0 Å². The summed E-state index contributed by atoms with van der Waals surface area (Å²) in [5.41, 5.74) is 7.27. The molecule has 2 rings (SSSR count). The van der Waals surface area contributed by atoms with Crippen LogP contribution in [0.15, 0.2) is 12.1 Å². The maximum atomic E-state index is 5.68. The Bertz CT molecular complexity index is 322. The van der Waals surface area contributed by atoms with E-state index < -0.39 is 0 Å². The lowest BCUT2D eigenvalue weighted by Gasteiger charge is -2.09. The van der Waals surface area contributed by atoms with Gasteiger partial charge in [-0.15, -0.1) is 0 Å². The van der Waals surface area contributed by atoms with Gasteiger partial charge in [-0.2, -0.15) is 0 Å². The van der Waals surface area contributed by atoms with Gasteiger partial charge in [-0.1, -0.05) is 0 Å². The van der Waals surface area contributed by atoms with Crippen LogP contribution in [0.5, 0.6) is 5.88 Å². The highest BCUT2D eigenvalue weighted by atomic mass is 16.5. The number of rotatable bonds is 2. The highest BCUT2D eigenvalue weighted by molar-refractivity contribution is 5.48. The monoisotopic (exact) mass is 194 g/mol. The molecule has 14 heavy (non-hydrogen) atoms. The lowest BCUT2D eigenvalue weighted by molar-refractivity contribution is 0.193. The highest BCUT2D eigenvalue weighted by Gasteiger charge is 2.19. The van der Waals surface area contributed by atoms with E-state index in [0.29, 0.717) is 17.5 Å². The van der Waals surface area contributed by atoms with Gasteiger partial charge in [0.05, 0.1) is 25.1 Å². The minimum Gasteiger partial charge on any atom is -0.480 e. The lowest BCUT2D eigenvalue weighted by atomic mass is 10.0. The van der Waals surface area contributed by atoms with Gasteiger partial charge in [0, 0.05) is 12.5 Å². The summed E-state index contributed by atoms with van der Waals surface area (Å²) in [4.78, 5) is 4.35. The molecule has 2 N–H and O–H groups in total. The van der Waals surface area contributed by atoms with Crippen molar-refractivity contribution in [3.8, 4) is 5.88 Å². The second kappa shape index (κ2) is 3.84. The van der Waals surface area contributed by atoms with Gasteiger partial charge in [0.2, 0.25) is 5.88 Å². The number of nitrogen functional groups attached to an aromatic ring is 1. The summed E-state index contributed by atoms with van der Waals surface area (Å²) >= 11 is 0. The molecule has 0 aromatic carbocycles. The van der Waals surface area contributed by atoms with E-state index in [0.717, 1.165) is 25.3 Å². The van der Waals surface area contributed by atoms with E-state index in [1.807, 2.05) is 12.1 Å². The SMILES string of the molecule is COc1nc(C2CCOC2)ccc1N. The fraction of sp³-hybridized carbons (Fsp3) is 0.500. The lowest BCUT2D eigenvalue weighted by Crippen LogP contribution is -2.03. The Balaban J connectivity index is 2.25. The predicted molar refractivity (Wildman–Crippen MR) is 53.4 cm³/mol. The first kappa shape index (κ1) is 9.27. The zero-order valence-electron chi connectivity index (χ0n) is 8.19. The molecule has 1 aromatic heterocycles. The Morgan fingerprint density at radius 1 is 1.57 bits per heavy atom. The number of hydrogen-bond acceptors (Lipinski definition) is 4. The molecule has 0 aliphatic carbocycles. The maximum absolute atomic E-state index is 5.68. The van der Waals surface area contributed by atoms with Crippen molar-refractivity contribution in [2.75, 3.05) is 26.1 Å². The standard InChI is InChI=1S/C10H14N2O2/c1-13-10-8(11)2-3-9(12-10)7-4-5-14-6-7/h2-3,7H,4-6,11H2,1H3.